The number of rotatable bonds is 23. The standard InChI is InChI=1S/C18H39O4P.C8H19N/c1-3-5-7-9-10-11-12-14-16-18(15-13-8-6-4-2)17-22-23(19,20)21;1-2-3-4-5-6-7-8-9/h18H,3-17H2,1-2H3,(H2,19,20,21);2-9H2,1H3. The van der Waals surface area contributed by atoms with Crippen LogP contribution in [0.5, 0.6) is 0 Å². The highest BCUT2D eigenvalue weighted by atomic mass is 31.2. The van der Waals surface area contributed by atoms with Crippen molar-refractivity contribution in [2.24, 2.45) is 11.7 Å². The summed E-state index contributed by atoms with van der Waals surface area (Å²) in [7, 11) is -4.33. The number of unbranched alkanes of at least 4 members (excludes halogenated alkanes) is 15. The largest absolute Gasteiger partial charge is 0.469 e. The molecule has 0 rings (SSSR count). The van der Waals surface area contributed by atoms with E-state index in [-0.39, 0.29) is 6.61 Å². The molecule has 6 heteroatoms. The van der Waals surface area contributed by atoms with Gasteiger partial charge in [0.25, 0.3) is 0 Å². The molecule has 1 atom stereocenters. The van der Waals surface area contributed by atoms with Crippen LogP contribution >= 0.6 is 7.82 Å². The van der Waals surface area contributed by atoms with Gasteiger partial charge >= 0.3 is 7.82 Å². The molecule has 0 spiro atoms. The van der Waals surface area contributed by atoms with Gasteiger partial charge in [0.05, 0.1) is 6.61 Å². The van der Waals surface area contributed by atoms with Crippen LogP contribution in [0.1, 0.15) is 149 Å². The highest BCUT2D eigenvalue weighted by Gasteiger charge is 2.18. The molecule has 0 aliphatic rings. The number of phosphoric ester groups is 1. The normalized spacial score (nSPS) is 12.4. The third-order valence-corrected chi connectivity index (χ3v) is 6.45. The van der Waals surface area contributed by atoms with E-state index in [1.54, 1.807) is 0 Å². The van der Waals surface area contributed by atoms with E-state index in [0.29, 0.717) is 5.92 Å². The molecule has 196 valence electrons. The molecule has 4 N–H and O–H groups in total. The van der Waals surface area contributed by atoms with Crippen LogP contribution in [0.2, 0.25) is 0 Å². The first-order valence-electron chi connectivity index (χ1n) is 13.8. The summed E-state index contributed by atoms with van der Waals surface area (Å²) < 4.78 is 15.6. The van der Waals surface area contributed by atoms with E-state index in [1.165, 1.54) is 103 Å². The fourth-order valence-corrected chi connectivity index (χ4v) is 4.27. The maximum atomic E-state index is 10.9. The maximum absolute atomic E-state index is 10.9. The Hall–Kier alpha value is 0.0700. The van der Waals surface area contributed by atoms with Gasteiger partial charge in [-0.15, -0.1) is 0 Å². The van der Waals surface area contributed by atoms with Gasteiger partial charge in [-0.05, 0) is 31.7 Å². The second-order valence-electron chi connectivity index (χ2n) is 9.32. The lowest BCUT2D eigenvalue weighted by atomic mass is 9.95. The lowest BCUT2D eigenvalue weighted by molar-refractivity contribution is 0.157. The molecule has 32 heavy (non-hydrogen) atoms. The van der Waals surface area contributed by atoms with Gasteiger partial charge in [0.2, 0.25) is 0 Å². The van der Waals surface area contributed by atoms with Crippen LogP contribution in [0, 0.1) is 5.92 Å². The molecule has 0 saturated carbocycles. The van der Waals surface area contributed by atoms with Crippen molar-refractivity contribution in [2.45, 2.75) is 149 Å². The van der Waals surface area contributed by atoms with E-state index in [1.807, 2.05) is 0 Å². The number of phosphoric acid groups is 1. The molecule has 0 heterocycles. The molecule has 5 nitrogen and oxygen atoms in total. The second-order valence-corrected chi connectivity index (χ2v) is 10.6. The summed E-state index contributed by atoms with van der Waals surface area (Å²) in [6.45, 7) is 7.73. The summed E-state index contributed by atoms with van der Waals surface area (Å²) in [4.78, 5) is 17.8. The maximum Gasteiger partial charge on any atom is 0.469 e. The van der Waals surface area contributed by atoms with Crippen LogP contribution in [0.3, 0.4) is 0 Å². The van der Waals surface area contributed by atoms with Crippen molar-refractivity contribution < 1.29 is 18.9 Å². The average molecular weight is 480 g/mol. The number of hydrogen-bond donors (Lipinski definition) is 3. The molecular formula is C26H58NO4P. The van der Waals surface area contributed by atoms with Crippen LogP contribution in [0.15, 0.2) is 0 Å². The molecule has 0 aliphatic heterocycles. The fraction of sp³-hybridized carbons (Fsp3) is 1.00. The van der Waals surface area contributed by atoms with E-state index < -0.39 is 7.82 Å². The van der Waals surface area contributed by atoms with Crippen LogP contribution in [0.25, 0.3) is 0 Å². The third kappa shape index (κ3) is 32.3. The zero-order chi connectivity index (χ0) is 24.3. The van der Waals surface area contributed by atoms with Crippen molar-refractivity contribution in [1.82, 2.24) is 0 Å². The predicted molar refractivity (Wildman–Crippen MR) is 140 cm³/mol. The summed E-state index contributed by atoms with van der Waals surface area (Å²) in [5.41, 5.74) is 5.34. The van der Waals surface area contributed by atoms with Gasteiger partial charge in [-0.3, -0.25) is 4.52 Å². The van der Waals surface area contributed by atoms with Crippen LogP contribution in [-0.4, -0.2) is 22.9 Å². The molecule has 1 unspecified atom stereocenters. The first-order chi connectivity index (χ1) is 15.4. The van der Waals surface area contributed by atoms with Crippen LogP contribution in [0.4, 0.5) is 0 Å². The first-order valence-corrected chi connectivity index (χ1v) is 15.3. The molecular weight excluding hydrogens is 421 g/mol. The molecule has 0 aromatic heterocycles. The third-order valence-electron chi connectivity index (χ3n) is 5.97. The van der Waals surface area contributed by atoms with Gasteiger partial charge in [0.1, 0.15) is 0 Å². The Labute approximate surface area is 200 Å². The van der Waals surface area contributed by atoms with E-state index >= 15 is 0 Å². The van der Waals surface area contributed by atoms with Crippen LogP contribution in [-0.2, 0) is 9.09 Å². The first kappa shape index (κ1) is 34.2. The predicted octanol–water partition coefficient (Wildman–Crippen LogP) is 8.52. The Morgan fingerprint density at radius 1 is 0.625 bits per heavy atom. The molecule has 0 fully saturated rings. The topological polar surface area (TPSA) is 92.8 Å². The molecule has 0 saturated heterocycles. The van der Waals surface area contributed by atoms with Crippen molar-refractivity contribution in [3.63, 3.8) is 0 Å². The van der Waals surface area contributed by atoms with Gasteiger partial charge < -0.3 is 15.5 Å². The van der Waals surface area contributed by atoms with E-state index in [2.05, 4.69) is 20.8 Å². The summed E-state index contributed by atoms with van der Waals surface area (Å²) in [5.74, 6) is 0.291. The molecule has 0 aromatic rings. The second kappa shape index (κ2) is 27.3. The monoisotopic (exact) mass is 479 g/mol. The average Bonchev–Trinajstić information content (AvgIpc) is 2.76. The van der Waals surface area contributed by atoms with Gasteiger partial charge in [-0.25, -0.2) is 4.57 Å². The Bertz CT molecular complexity index is 384. The number of nitrogens with two attached hydrogens (primary N) is 1. The zero-order valence-electron chi connectivity index (χ0n) is 21.9. The summed E-state index contributed by atoms with van der Waals surface area (Å²) >= 11 is 0. The Morgan fingerprint density at radius 3 is 1.34 bits per heavy atom. The molecule has 0 radical (unpaired) electrons. The minimum atomic E-state index is -4.33. The van der Waals surface area contributed by atoms with Crippen molar-refractivity contribution in [1.29, 1.82) is 0 Å². The Kier molecular flexibility index (Phi) is 29.2. The summed E-state index contributed by atoms with van der Waals surface area (Å²) in [6.07, 6.45) is 25.2. The van der Waals surface area contributed by atoms with Crippen molar-refractivity contribution in [3.8, 4) is 0 Å². The van der Waals surface area contributed by atoms with Crippen molar-refractivity contribution >= 4 is 7.82 Å². The SMILES string of the molecule is CCCCCCCCCCC(CCCCCC)COP(=O)(O)O.CCCCCCCCN. The van der Waals surface area contributed by atoms with Gasteiger partial charge in [-0.1, -0.05) is 130 Å². The van der Waals surface area contributed by atoms with Gasteiger partial charge in [0, 0.05) is 0 Å². The molecule has 0 aromatic carbocycles. The summed E-state index contributed by atoms with van der Waals surface area (Å²) in [6, 6.07) is 0. The Morgan fingerprint density at radius 2 is 0.969 bits per heavy atom. The Balaban J connectivity index is 0. The van der Waals surface area contributed by atoms with E-state index in [4.69, 9.17) is 20.0 Å². The van der Waals surface area contributed by atoms with Crippen molar-refractivity contribution in [3.05, 3.63) is 0 Å². The van der Waals surface area contributed by atoms with E-state index in [9.17, 15) is 4.57 Å². The fourth-order valence-electron chi connectivity index (χ4n) is 3.86. The lowest BCUT2D eigenvalue weighted by Crippen LogP contribution is -2.09. The number of hydrogen-bond acceptors (Lipinski definition) is 3. The van der Waals surface area contributed by atoms with E-state index in [0.717, 1.165) is 32.2 Å². The molecule has 0 amide bonds. The highest BCUT2D eigenvalue weighted by Crippen LogP contribution is 2.37. The van der Waals surface area contributed by atoms with Crippen molar-refractivity contribution in [2.75, 3.05) is 13.2 Å². The lowest BCUT2D eigenvalue weighted by Gasteiger charge is -2.17. The minimum absolute atomic E-state index is 0.201. The van der Waals surface area contributed by atoms with Gasteiger partial charge in [-0.2, -0.15) is 0 Å². The minimum Gasteiger partial charge on any atom is -0.330 e. The highest BCUT2D eigenvalue weighted by molar-refractivity contribution is 7.46. The van der Waals surface area contributed by atoms with Gasteiger partial charge in [0.15, 0.2) is 0 Å². The quantitative estimate of drug-likeness (QED) is 0.101. The zero-order valence-corrected chi connectivity index (χ0v) is 22.8. The summed E-state index contributed by atoms with van der Waals surface area (Å²) in [5, 5.41) is 0. The molecule has 0 aliphatic carbocycles. The van der Waals surface area contributed by atoms with Crippen LogP contribution < -0.4 is 5.73 Å². The smallest absolute Gasteiger partial charge is 0.330 e. The molecule has 0 bridgehead atoms.